The summed E-state index contributed by atoms with van der Waals surface area (Å²) in [5.41, 5.74) is -0.168. The van der Waals surface area contributed by atoms with Crippen molar-refractivity contribution in [3.05, 3.63) is 35.4 Å². The van der Waals surface area contributed by atoms with E-state index in [1.165, 1.54) is 12.1 Å². The number of piperidine rings is 1. The third kappa shape index (κ3) is 5.02. The molecule has 9 heteroatoms. The summed E-state index contributed by atoms with van der Waals surface area (Å²) in [6, 6.07) is 3.54. The fraction of sp³-hybridized carbons (Fsp3) is 0.579. The Morgan fingerprint density at radius 2 is 1.82 bits per heavy atom. The van der Waals surface area contributed by atoms with Crippen LogP contribution < -0.4 is 16.0 Å². The van der Waals surface area contributed by atoms with Gasteiger partial charge in [0.05, 0.1) is 24.1 Å². The van der Waals surface area contributed by atoms with Crippen LogP contribution >= 0.6 is 0 Å². The van der Waals surface area contributed by atoms with Crippen LogP contribution in [0.1, 0.15) is 49.8 Å². The third-order valence-corrected chi connectivity index (χ3v) is 5.22. The molecule has 2 saturated heterocycles. The van der Waals surface area contributed by atoms with Crippen LogP contribution in [0.5, 0.6) is 0 Å². The number of rotatable bonds is 4. The fourth-order valence-corrected chi connectivity index (χ4v) is 3.59. The van der Waals surface area contributed by atoms with E-state index >= 15 is 0 Å². The van der Waals surface area contributed by atoms with Gasteiger partial charge in [-0.25, -0.2) is 0 Å². The van der Waals surface area contributed by atoms with Gasteiger partial charge in [-0.2, -0.15) is 13.2 Å². The van der Waals surface area contributed by atoms with E-state index in [2.05, 4.69) is 20.9 Å². The van der Waals surface area contributed by atoms with Crippen molar-refractivity contribution in [2.75, 3.05) is 13.1 Å². The van der Waals surface area contributed by atoms with Gasteiger partial charge in [-0.15, -0.1) is 0 Å². The normalized spacial score (nSPS) is 25.1. The van der Waals surface area contributed by atoms with Gasteiger partial charge in [0.1, 0.15) is 6.29 Å². The molecule has 3 rings (SSSR count). The van der Waals surface area contributed by atoms with Crippen molar-refractivity contribution in [2.45, 2.75) is 57.2 Å². The van der Waals surface area contributed by atoms with E-state index in [1.54, 1.807) is 6.92 Å². The average Bonchev–Trinajstić information content (AvgIpc) is 2.67. The molecule has 0 radical (unpaired) electrons. The Labute approximate surface area is 161 Å². The van der Waals surface area contributed by atoms with Gasteiger partial charge in [0, 0.05) is 13.1 Å². The molecular formula is C19H25F3N4O2. The summed E-state index contributed by atoms with van der Waals surface area (Å²) in [6.45, 7) is 3.41. The minimum Gasteiger partial charge on any atom is -0.348 e. The van der Waals surface area contributed by atoms with Gasteiger partial charge in [-0.1, -0.05) is 18.6 Å². The lowest BCUT2D eigenvalue weighted by Gasteiger charge is -2.40. The molecule has 2 heterocycles. The van der Waals surface area contributed by atoms with Gasteiger partial charge in [0.2, 0.25) is 11.8 Å². The standard InChI is InChI=1S/C19H25F3N4O2/c1-12(13-5-7-14(8-6-13)19(20,21)22)23-17(28)15-11-16(27)25-18(24-15)26-9-3-2-4-10-26/h5-8,12,15,18,24H,2-4,9-11H2,1H3,(H,23,28)(H,25,27)/t12-,15?,18?/m1/s1. The SMILES string of the molecule is C[C@@H](NC(=O)C1CC(=O)NC(N2CCCCC2)N1)c1ccc(C(F)(F)F)cc1. The molecule has 3 N–H and O–H groups in total. The van der Waals surface area contributed by atoms with E-state index in [4.69, 9.17) is 0 Å². The summed E-state index contributed by atoms with van der Waals surface area (Å²) in [5, 5.41) is 8.82. The van der Waals surface area contributed by atoms with Gasteiger partial charge in [0.25, 0.3) is 0 Å². The van der Waals surface area contributed by atoms with E-state index in [9.17, 15) is 22.8 Å². The number of carbonyl (C=O) groups is 2. The molecule has 2 unspecified atom stereocenters. The van der Waals surface area contributed by atoms with Crippen LogP contribution in [0.25, 0.3) is 0 Å². The number of halogens is 3. The van der Waals surface area contributed by atoms with E-state index in [-0.39, 0.29) is 24.5 Å². The Hall–Kier alpha value is -2.13. The molecule has 2 fully saturated rings. The van der Waals surface area contributed by atoms with Crippen LogP contribution in [0.15, 0.2) is 24.3 Å². The smallest absolute Gasteiger partial charge is 0.348 e. The number of hydrogen-bond acceptors (Lipinski definition) is 4. The average molecular weight is 398 g/mol. The highest BCUT2D eigenvalue weighted by molar-refractivity contribution is 5.89. The molecule has 6 nitrogen and oxygen atoms in total. The first-order chi connectivity index (χ1) is 13.2. The van der Waals surface area contributed by atoms with E-state index in [0.717, 1.165) is 44.5 Å². The number of nitrogens with zero attached hydrogens (tertiary/aromatic N) is 1. The molecule has 28 heavy (non-hydrogen) atoms. The van der Waals surface area contributed by atoms with E-state index in [0.29, 0.717) is 5.56 Å². The lowest BCUT2D eigenvalue weighted by Crippen LogP contribution is -2.67. The maximum atomic E-state index is 12.7. The molecule has 2 amide bonds. The van der Waals surface area contributed by atoms with Crippen LogP contribution in [-0.2, 0) is 15.8 Å². The molecule has 2 aliphatic rings. The Bertz CT molecular complexity index is 702. The first-order valence-electron chi connectivity index (χ1n) is 9.51. The molecule has 0 spiro atoms. The Morgan fingerprint density at radius 1 is 1.18 bits per heavy atom. The minimum atomic E-state index is -4.39. The lowest BCUT2D eigenvalue weighted by molar-refractivity contribution is -0.137. The van der Waals surface area contributed by atoms with Crippen molar-refractivity contribution < 1.29 is 22.8 Å². The quantitative estimate of drug-likeness (QED) is 0.727. The number of nitrogens with one attached hydrogen (secondary N) is 3. The number of carbonyl (C=O) groups excluding carboxylic acids is 2. The molecule has 154 valence electrons. The van der Waals surface area contributed by atoms with Crippen molar-refractivity contribution in [3.8, 4) is 0 Å². The summed E-state index contributed by atoms with van der Waals surface area (Å²) in [4.78, 5) is 26.8. The second-order valence-corrected chi connectivity index (χ2v) is 7.34. The summed E-state index contributed by atoms with van der Waals surface area (Å²) in [5.74, 6) is -0.541. The van der Waals surface area contributed by atoms with Crippen LogP contribution in [0.2, 0.25) is 0 Å². The number of hydrogen-bond donors (Lipinski definition) is 3. The van der Waals surface area contributed by atoms with Crippen molar-refractivity contribution in [1.82, 2.24) is 20.9 Å². The summed E-state index contributed by atoms with van der Waals surface area (Å²) < 4.78 is 38.0. The number of likely N-dealkylation sites (tertiary alicyclic amines) is 1. The predicted molar refractivity (Wildman–Crippen MR) is 96.9 cm³/mol. The van der Waals surface area contributed by atoms with E-state index < -0.39 is 23.8 Å². The highest BCUT2D eigenvalue weighted by atomic mass is 19.4. The zero-order valence-electron chi connectivity index (χ0n) is 15.7. The number of benzene rings is 1. The minimum absolute atomic E-state index is 0.0237. The fourth-order valence-electron chi connectivity index (χ4n) is 3.59. The second kappa shape index (κ2) is 8.48. The van der Waals surface area contributed by atoms with Crippen molar-refractivity contribution >= 4 is 11.8 Å². The van der Waals surface area contributed by atoms with E-state index in [1.807, 2.05) is 0 Å². The second-order valence-electron chi connectivity index (χ2n) is 7.34. The maximum Gasteiger partial charge on any atom is 0.416 e. The van der Waals surface area contributed by atoms with Gasteiger partial charge >= 0.3 is 6.18 Å². The first kappa shape index (κ1) is 20.6. The molecule has 1 aromatic rings. The topological polar surface area (TPSA) is 73.5 Å². The predicted octanol–water partition coefficient (Wildman–Crippen LogP) is 2.13. The Morgan fingerprint density at radius 3 is 2.43 bits per heavy atom. The highest BCUT2D eigenvalue weighted by Gasteiger charge is 2.34. The summed E-state index contributed by atoms with van der Waals surface area (Å²) in [6.07, 6.45) is -1.49. The van der Waals surface area contributed by atoms with Gasteiger partial charge in [0.15, 0.2) is 0 Å². The van der Waals surface area contributed by atoms with Crippen molar-refractivity contribution in [3.63, 3.8) is 0 Å². The highest BCUT2D eigenvalue weighted by Crippen LogP contribution is 2.29. The monoisotopic (exact) mass is 398 g/mol. The van der Waals surface area contributed by atoms with Gasteiger partial charge in [-0.05, 0) is 37.5 Å². The summed E-state index contributed by atoms with van der Waals surface area (Å²) in [7, 11) is 0. The zero-order valence-corrected chi connectivity index (χ0v) is 15.7. The zero-order chi connectivity index (χ0) is 20.3. The molecule has 0 aromatic heterocycles. The lowest BCUT2D eigenvalue weighted by atomic mass is 10.0. The molecular weight excluding hydrogens is 373 g/mol. The molecule has 0 aliphatic carbocycles. The largest absolute Gasteiger partial charge is 0.416 e. The maximum absolute atomic E-state index is 12.7. The molecule has 1 aromatic carbocycles. The van der Waals surface area contributed by atoms with Crippen LogP contribution in [0.3, 0.4) is 0 Å². The van der Waals surface area contributed by atoms with Crippen LogP contribution in [0, 0.1) is 0 Å². The van der Waals surface area contributed by atoms with Crippen molar-refractivity contribution in [2.24, 2.45) is 0 Å². The molecule has 3 atom stereocenters. The molecule has 0 saturated carbocycles. The molecule has 0 bridgehead atoms. The van der Waals surface area contributed by atoms with Gasteiger partial charge in [-0.3, -0.25) is 19.8 Å². The van der Waals surface area contributed by atoms with Crippen molar-refractivity contribution in [1.29, 1.82) is 0 Å². The first-order valence-corrected chi connectivity index (χ1v) is 9.51. The summed E-state index contributed by atoms with van der Waals surface area (Å²) >= 11 is 0. The Kier molecular flexibility index (Phi) is 6.24. The van der Waals surface area contributed by atoms with Crippen LogP contribution in [-0.4, -0.2) is 42.1 Å². The third-order valence-electron chi connectivity index (χ3n) is 5.22. The number of alkyl halides is 3. The van der Waals surface area contributed by atoms with Crippen LogP contribution in [0.4, 0.5) is 13.2 Å². The Balaban J connectivity index is 1.60. The molecule has 2 aliphatic heterocycles. The van der Waals surface area contributed by atoms with Gasteiger partial charge < -0.3 is 10.6 Å². The number of amides is 2.